The van der Waals surface area contributed by atoms with E-state index in [1.54, 1.807) is 0 Å². The van der Waals surface area contributed by atoms with Crippen LogP contribution >= 0.6 is 0 Å². The predicted octanol–water partition coefficient (Wildman–Crippen LogP) is 7.53. The standard InChI is InChI=1S/C42H55N5O2/c1-42(2,3)49-41(48)44-25-16-27-45(34-38-19-10-5-11-20-38)29-31-47(36-40-23-14-7-15-24-40)32-30-46(35-39-21-12-6-13-22-39)28-26-43-33-37-17-8-4-9-18-37/h4-15,17-24,33H,16,25-32,34-36H2,1-3H3,(H,44,48). The summed E-state index contributed by atoms with van der Waals surface area (Å²) in [5.41, 5.74) is 4.56. The Hall–Kier alpha value is -4.30. The third-order valence-electron chi connectivity index (χ3n) is 8.12. The molecule has 1 N–H and O–H groups in total. The third-order valence-corrected chi connectivity index (χ3v) is 8.12. The van der Waals surface area contributed by atoms with Gasteiger partial charge in [-0.1, -0.05) is 121 Å². The summed E-state index contributed by atoms with van der Waals surface area (Å²) >= 11 is 0. The molecule has 0 fully saturated rings. The summed E-state index contributed by atoms with van der Waals surface area (Å²) in [4.78, 5) is 24.6. The van der Waals surface area contributed by atoms with Crippen molar-refractivity contribution in [2.24, 2.45) is 4.99 Å². The number of alkyl carbamates (subject to hydrolysis) is 1. The van der Waals surface area contributed by atoms with E-state index >= 15 is 0 Å². The van der Waals surface area contributed by atoms with Crippen LogP contribution in [0.1, 0.15) is 49.4 Å². The number of nitrogens with one attached hydrogen (secondary N) is 1. The van der Waals surface area contributed by atoms with Crippen molar-refractivity contribution < 1.29 is 9.53 Å². The van der Waals surface area contributed by atoms with Crippen LogP contribution in [0.4, 0.5) is 4.79 Å². The van der Waals surface area contributed by atoms with E-state index < -0.39 is 5.60 Å². The van der Waals surface area contributed by atoms with Crippen molar-refractivity contribution in [1.82, 2.24) is 20.0 Å². The molecule has 0 unspecified atom stereocenters. The predicted molar refractivity (Wildman–Crippen MR) is 203 cm³/mol. The van der Waals surface area contributed by atoms with Gasteiger partial charge in [0, 0.05) is 71.7 Å². The summed E-state index contributed by atoms with van der Waals surface area (Å²) < 4.78 is 5.43. The van der Waals surface area contributed by atoms with Gasteiger partial charge in [-0.2, -0.15) is 0 Å². The van der Waals surface area contributed by atoms with Gasteiger partial charge >= 0.3 is 6.09 Å². The van der Waals surface area contributed by atoms with Gasteiger partial charge in [0.15, 0.2) is 0 Å². The van der Waals surface area contributed by atoms with Crippen molar-refractivity contribution >= 4 is 12.3 Å². The number of hydrogen-bond donors (Lipinski definition) is 1. The Kier molecular flexibility index (Phi) is 16.0. The van der Waals surface area contributed by atoms with E-state index in [4.69, 9.17) is 9.73 Å². The van der Waals surface area contributed by atoms with Gasteiger partial charge in [0.25, 0.3) is 0 Å². The van der Waals surface area contributed by atoms with Crippen molar-refractivity contribution in [3.8, 4) is 0 Å². The summed E-state index contributed by atoms with van der Waals surface area (Å²) in [7, 11) is 0. The molecule has 49 heavy (non-hydrogen) atoms. The molecule has 7 nitrogen and oxygen atoms in total. The highest BCUT2D eigenvalue weighted by Crippen LogP contribution is 2.11. The van der Waals surface area contributed by atoms with Crippen LogP contribution in [0.5, 0.6) is 0 Å². The summed E-state index contributed by atoms with van der Waals surface area (Å²) in [6.07, 6.45) is 2.47. The molecule has 260 valence electrons. The van der Waals surface area contributed by atoms with Crippen LogP contribution in [-0.2, 0) is 24.4 Å². The average Bonchev–Trinajstić information content (AvgIpc) is 3.10. The molecule has 0 saturated heterocycles. The van der Waals surface area contributed by atoms with Gasteiger partial charge in [-0.25, -0.2) is 4.79 Å². The minimum Gasteiger partial charge on any atom is -0.444 e. The molecule has 0 aliphatic carbocycles. The molecular weight excluding hydrogens is 606 g/mol. The van der Waals surface area contributed by atoms with Crippen molar-refractivity contribution in [2.75, 3.05) is 52.4 Å². The molecule has 0 radical (unpaired) electrons. The lowest BCUT2D eigenvalue weighted by Crippen LogP contribution is -2.40. The first-order valence-electron chi connectivity index (χ1n) is 17.6. The van der Waals surface area contributed by atoms with Crippen LogP contribution in [0.15, 0.2) is 126 Å². The van der Waals surface area contributed by atoms with Gasteiger partial charge < -0.3 is 10.1 Å². The Morgan fingerprint density at radius 1 is 0.612 bits per heavy atom. The number of rotatable bonds is 20. The number of amides is 1. The van der Waals surface area contributed by atoms with Crippen LogP contribution < -0.4 is 5.32 Å². The Balaban J connectivity index is 1.39. The maximum Gasteiger partial charge on any atom is 0.407 e. The zero-order chi connectivity index (χ0) is 34.6. The molecule has 0 heterocycles. The zero-order valence-corrected chi connectivity index (χ0v) is 29.7. The Bertz CT molecular complexity index is 1480. The van der Waals surface area contributed by atoms with Crippen molar-refractivity contribution in [3.05, 3.63) is 144 Å². The Morgan fingerprint density at radius 3 is 1.47 bits per heavy atom. The first kappa shape index (κ1) is 37.5. The van der Waals surface area contributed by atoms with Crippen molar-refractivity contribution in [1.29, 1.82) is 0 Å². The smallest absolute Gasteiger partial charge is 0.407 e. The SMILES string of the molecule is CC(C)(C)OC(=O)NCCCN(CCN(CCN(CCN=Cc1ccccc1)Cc1ccccc1)Cc1ccccc1)Cc1ccccc1. The number of carbonyl (C=O) groups is 1. The lowest BCUT2D eigenvalue weighted by molar-refractivity contribution is 0.0525. The molecule has 0 spiro atoms. The van der Waals surface area contributed by atoms with Crippen LogP contribution in [0.25, 0.3) is 0 Å². The van der Waals surface area contributed by atoms with E-state index in [1.165, 1.54) is 16.7 Å². The first-order chi connectivity index (χ1) is 23.8. The molecule has 0 aliphatic heterocycles. The van der Waals surface area contributed by atoms with Crippen LogP contribution in [0.2, 0.25) is 0 Å². The van der Waals surface area contributed by atoms with Crippen LogP contribution in [0.3, 0.4) is 0 Å². The number of aliphatic imine (C=N–C) groups is 1. The van der Waals surface area contributed by atoms with E-state index in [0.717, 1.165) is 77.4 Å². The normalized spacial score (nSPS) is 11.9. The molecule has 0 bridgehead atoms. The zero-order valence-electron chi connectivity index (χ0n) is 29.7. The summed E-state index contributed by atoms with van der Waals surface area (Å²) in [5.74, 6) is 0. The molecule has 0 aromatic heterocycles. The summed E-state index contributed by atoms with van der Waals surface area (Å²) in [5, 5.41) is 2.93. The fourth-order valence-corrected chi connectivity index (χ4v) is 5.62. The van der Waals surface area contributed by atoms with Gasteiger partial charge in [0.2, 0.25) is 0 Å². The highest BCUT2D eigenvalue weighted by molar-refractivity contribution is 5.79. The molecule has 4 aromatic carbocycles. The molecule has 4 rings (SSSR count). The Morgan fingerprint density at radius 2 is 1.02 bits per heavy atom. The van der Waals surface area contributed by atoms with Crippen molar-refractivity contribution in [2.45, 2.75) is 52.4 Å². The lowest BCUT2D eigenvalue weighted by Gasteiger charge is -2.30. The number of ether oxygens (including phenoxy) is 1. The molecule has 0 atom stereocenters. The second-order valence-corrected chi connectivity index (χ2v) is 13.5. The number of benzene rings is 4. The summed E-state index contributed by atoms with van der Waals surface area (Å²) in [6.45, 7) is 15.2. The molecule has 4 aromatic rings. The van der Waals surface area contributed by atoms with Gasteiger partial charge in [-0.15, -0.1) is 0 Å². The molecule has 7 heteroatoms. The maximum atomic E-state index is 12.2. The quantitative estimate of drug-likeness (QED) is 0.0784. The van der Waals surface area contributed by atoms with Crippen molar-refractivity contribution in [3.63, 3.8) is 0 Å². The molecular formula is C42H55N5O2. The third kappa shape index (κ3) is 16.1. The largest absolute Gasteiger partial charge is 0.444 e. The summed E-state index contributed by atoms with van der Waals surface area (Å²) in [6, 6.07) is 42.5. The molecule has 0 aliphatic rings. The van der Waals surface area contributed by atoms with E-state index in [1.807, 2.05) is 45.2 Å². The monoisotopic (exact) mass is 661 g/mol. The minimum absolute atomic E-state index is 0.359. The fraction of sp³-hybridized carbons (Fsp3) is 0.381. The number of hydrogen-bond acceptors (Lipinski definition) is 6. The second kappa shape index (κ2) is 20.9. The first-order valence-corrected chi connectivity index (χ1v) is 17.6. The molecule has 1 amide bonds. The Labute approximate surface area is 294 Å². The lowest BCUT2D eigenvalue weighted by atomic mass is 10.2. The van der Waals surface area contributed by atoms with E-state index in [0.29, 0.717) is 6.54 Å². The number of carbonyl (C=O) groups excluding carboxylic acids is 1. The van der Waals surface area contributed by atoms with Crippen LogP contribution in [-0.4, -0.2) is 85.0 Å². The topological polar surface area (TPSA) is 60.4 Å². The second-order valence-electron chi connectivity index (χ2n) is 13.5. The molecule has 0 saturated carbocycles. The number of nitrogens with zero attached hydrogens (tertiary/aromatic N) is 4. The minimum atomic E-state index is -0.502. The average molecular weight is 662 g/mol. The van der Waals surface area contributed by atoms with E-state index in [-0.39, 0.29) is 6.09 Å². The van der Waals surface area contributed by atoms with Gasteiger partial charge in [-0.3, -0.25) is 19.7 Å². The highest BCUT2D eigenvalue weighted by Gasteiger charge is 2.17. The van der Waals surface area contributed by atoms with E-state index in [2.05, 4.69) is 123 Å². The van der Waals surface area contributed by atoms with E-state index in [9.17, 15) is 4.79 Å². The van der Waals surface area contributed by atoms with Gasteiger partial charge in [-0.05, 0) is 49.4 Å². The van der Waals surface area contributed by atoms with Gasteiger partial charge in [0.1, 0.15) is 5.60 Å². The maximum absolute atomic E-state index is 12.2. The van der Waals surface area contributed by atoms with Gasteiger partial charge in [0.05, 0.1) is 6.54 Å². The fourth-order valence-electron chi connectivity index (χ4n) is 5.62. The van der Waals surface area contributed by atoms with Crippen LogP contribution in [0, 0.1) is 0 Å². The highest BCUT2D eigenvalue weighted by atomic mass is 16.6.